The summed E-state index contributed by atoms with van der Waals surface area (Å²) in [5.74, 6) is -0.729. The number of hydrazone groups is 1. The monoisotopic (exact) mass is 291 g/mol. The van der Waals surface area contributed by atoms with Crippen LogP contribution in [0.3, 0.4) is 0 Å². The van der Waals surface area contributed by atoms with E-state index in [4.69, 9.17) is 10.5 Å². The average molecular weight is 291 g/mol. The first-order valence-electron chi connectivity index (χ1n) is 5.86. The topological polar surface area (TPSA) is 76.7 Å². The first kappa shape index (κ1) is 14.4. The van der Waals surface area contributed by atoms with Crippen LogP contribution >= 0.6 is 0 Å². The highest BCUT2D eigenvalue weighted by Gasteiger charge is 2.05. The summed E-state index contributed by atoms with van der Waals surface area (Å²) < 4.78 is 31.9. The number of ether oxygens (including phenoxy) is 1. The fourth-order valence-corrected chi connectivity index (χ4v) is 1.48. The normalized spacial score (nSPS) is 10.6. The molecule has 0 atom stereocenters. The smallest absolute Gasteiger partial charge is 0.332 e. The van der Waals surface area contributed by atoms with Gasteiger partial charge in [0, 0.05) is 0 Å². The number of hydrogen-bond donors (Lipinski definition) is 2. The molecule has 108 valence electrons. The highest BCUT2D eigenvalue weighted by Crippen LogP contribution is 2.24. The Labute approximate surface area is 119 Å². The minimum atomic E-state index is -0.817. The van der Waals surface area contributed by atoms with E-state index in [1.807, 2.05) is 5.43 Å². The summed E-state index contributed by atoms with van der Waals surface area (Å²) >= 11 is 0. The summed E-state index contributed by atoms with van der Waals surface area (Å²) in [4.78, 5) is 10.4. The largest absolute Gasteiger partial charge is 0.454 e. The van der Waals surface area contributed by atoms with Crippen molar-refractivity contribution in [2.75, 3.05) is 0 Å². The van der Waals surface area contributed by atoms with E-state index in [2.05, 4.69) is 5.10 Å². The van der Waals surface area contributed by atoms with Gasteiger partial charge >= 0.3 is 6.03 Å². The van der Waals surface area contributed by atoms with Gasteiger partial charge in [0.1, 0.15) is 11.6 Å². The fourth-order valence-electron chi connectivity index (χ4n) is 1.48. The lowest BCUT2D eigenvalue weighted by Crippen LogP contribution is -2.24. The lowest BCUT2D eigenvalue weighted by molar-refractivity contribution is 0.249. The molecular formula is C14H11F2N3O2. The number of nitrogens with one attached hydrogen (secondary N) is 1. The summed E-state index contributed by atoms with van der Waals surface area (Å²) in [5, 5.41) is 3.51. The van der Waals surface area contributed by atoms with Gasteiger partial charge in [-0.2, -0.15) is 5.10 Å². The maximum absolute atomic E-state index is 13.8. The van der Waals surface area contributed by atoms with Crippen LogP contribution in [0.2, 0.25) is 0 Å². The number of urea groups is 1. The Bertz CT molecular complexity index is 672. The van der Waals surface area contributed by atoms with Crippen LogP contribution in [0.5, 0.6) is 11.5 Å². The van der Waals surface area contributed by atoms with Crippen molar-refractivity contribution in [3.05, 3.63) is 59.7 Å². The molecule has 0 unspecified atom stereocenters. The molecule has 7 heteroatoms. The van der Waals surface area contributed by atoms with Crippen LogP contribution in [-0.2, 0) is 0 Å². The first-order valence-corrected chi connectivity index (χ1v) is 5.86. The Morgan fingerprint density at radius 3 is 2.52 bits per heavy atom. The molecule has 0 radical (unpaired) electrons. The van der Waals surface area contributed by atoms with Crippen LogP contribution < -0.4 is 15.9 Å². The van der Waals surface area contributed by atoms with Crippen molar-refractivity contribution in [3.8, 4) is 11.5 Å². The zero-order valence-corrected chi connectivity index (χ0v) is 10.7. The Balaban J connectivity index is 2.10. The highest BCUT2D eigenvalue weighted by molar-refractivity contribution is 5.81. The third-order valence-corrected chi connectivity index (χ3v) is 2.39. The second kappa shape index (κ2) is 6.47. The van der Waals surface area contributed by atoms with E-state index in [9.17, 15) is 13.6 Å². The number of primary amides is 1. The van der Waals surface area contributed by atoms with Crippen LogP contribution in [0.4, 0.5) is 13.6 Å². The number of benzene rings is 2. The van der Waals surface area contributed by atoms with E-state index in [1.54, 1.807) is 0 Å². The van der Waals surface area contributed by atoms with E-state index in [0.717, 1.165) is 0 Å². The Hall–Kier alpha value is -2.96. The van der Waals surface area contributed by atoms with Crippen molar-refractivity contribution in [3.63, 3.8) is 0 Å². The van der Waals surface area contributed by atoms with Gasteiger partial charge in [-0.25, -0.2) is 19.0 Å². The van der Waals surface area contributed by atoms with Crippen LogP contribution in [-0.4, -0.2) is 12.2 Å². The molecule has 0 fully saturated rings. The molecule has 0 bridgehead atoms. The van der Waals surface area contributed by atoms with Gasteiger partial charge in [-0.1, -0.05) is 0 Å². The SMILES string of the molecule is NC(=O)NN=Cc1ccc(Oc2ccc(F)cc2)c(F)c1. The standard InChI is InChI=1S/C14H11F2N3O2/c15-10-2-4-11(5-3-10)21-13-6-1-9(7-12(13)16)8-18-19-14(17)20/h1-8H,(H3,17,19,20). The molecule has 3 N–H and O–H groups in total. The van der Waals surface area contributed by atoms with Gasteiger partial charge in [0.2, 0.25) is 0 Å². The lowest BCUT2D eigenvalue weighted by Gasteiger charge is -2.07. The van der Waals surface area contributed by atoms with Crippen molar-refractivity contribution in [2.45, 2.75) is 0 Å². The van der Waals surface area contributed by atoms with Crippen molar-refractivity contribution in [1.29, 1.82) is 0 Å². The van der Waals surface area contributed by atoms with Crippen LogP contribution in [0, 0.1) is 11.6 Å². The summed E-state index contributed by atoms with van der Waals surface area (Å²) in [5.41, 5.74) is 7.22. The van der Waals surface area contributed by atoms with Crippen molar-refractivity contribution in [1.82, 2.24) is 5.43 Å². The van der Waals surface area contributed by atoms with Crippen molar-refractivity contribution >= 4 is 12.2 Å². The molecule has 0 aliphatic heterocycles. The summed E-state index contributed by atoms with van der Waals surface area (Å²) in [6, 6.07) is 8.49. The number of rotatable bonds is 4. The molecule has 0 spiro atoms. The van der Waals surface area contributed by atoms with Gasteiger partial charge in [0.05, 0.1) is 6.21 Å². The zero-order chi connectivity index (χ0) is 15.2. The minimum absolute atomic E-state index is 0.0124. The van der Waals surface area contributed by atoms with Gasteiger partial charge in [-0.15, -0.1) is 0 Å². The second-order valence-electron chi connectivity index (χ2n) is 3.98. The molecule has 2 amide bonds. The maximum atomic E-state index is 13.8. The molecule has 0 aliphatic carbocycles. The average Bonchev–Trinajstić information content (AvgIpc) is 2.44. The van der Waals surface area contributed by atoms with Gasteiger partial charge in [0.25, 0.3) is 0 Å². The third kappa shape index (κ3) is 4.27. The van der Waals surface area contributed by atoms with E-state index < -0.39 is 17.7 Å². The van der Waals surface area contributed by atoms with Gasteiger partial charge < -0.3 is 10.5 Å². The van der Waals surface area contributed by atoms with Crippen LogP contribution in [0.15, 0.2) is 47.6 Å². The zero-order valence-electron chi connectivity index (χ0n) is 10.7. The van der Waals surface area contributed by atoms with E-state index in [1.165, 1.54) is 48.7 Å². The predicted octanol–water partition coefficient (Wildman–Crippen LogP) is 2.76. The maximum Gasteiger partial charge on any atom is 0.332 e. The Kier molecular flexibility index (Phi) is 4.45. The quantitative estimate of drug-likeness (QED) is 0.671. The Morgan fingerprint density at radius 1 is 1.19 bits per heavy atom. The fraction of sp³-hybridized carbons (Fsp3) is 0. The molecule has 0 aliphatic rings. The molecule has 0 heterocycles. The number of amides is 2. The van der Waals surface area contributed by atoms with Crippen LogP contribution in [0.1, 0.15) is 5.56 Å². The number of carbonyl (C=O) groups is 1. The summed E-state index contributed by atoms with van der Waals surface area (Å²) in [7, 11) is 0. The third-order valence-electron chi connectivity index (χ3n) is 2.39. The highest BCUT2D eigenvalue weighted by atomic mass is 19.1. The number of carbonyl (C=O) groups excluding carboxylic acids is 1. The van der Waals surface area contributed by atoms with Gasteiger partial charge in [-0.05, 0) is 48.0 Å². The minimum Gasteiger partial charge on any atom is -0.454 e. The number of nitrogens with zero attached hydrogens (tertiary/aromatic N) is 1. The molecule has 0 aromatic heterocycles. The van der Waals surface area contributed by atoms with Crippen molar-refractivity contribution in [2.24, 2.45) is 10.8 Å². The summed E-state index contributed by atoms with van der Waals surface area (Å²) in [6.07, 6.45) is 1.23. The van der Waals surface area contributed by atoms with E-state index >= 15 is 0 Å². The molecular weight excluding hydrogens is 280 g/mol. The number of hydrogen-bond acceptors (Lipinski definition) is 3. The molecule has 0 saturated carbocycles. The van der Waals surface area contributed by atoms with Gasteiger partial charge in [-0.3, -0.25) is 0 Å². The van der Waals surface area contributed by atoms with Gasteiger partial charge in [0.15, 0.2) is 11.6 Å². The number of nitrogens with two attached hydrogens (primary N) is 1. The van der Waals surface area contributed by atoms with E-state index in [-0.39, 0.29) is 5.75 Å². The molecule has 0 saturated heterocycles. The predicted molar refractivity (Wildman–Crippen MR) is 73.2 cm³/mol. The molecule has 2 aromatic rings. The number of halogens is 2. The summed E-state index contributed by atoms with van der Waals surface area (Å²) in [6.45, 7) is 0. The van der Waals surface area contributed by atoms with E-state index in [0.29, 0.717) is 11.3 Å². The Morgan fingerprint density at radius 2 is 1.90 bits per heavy atom. The lowest BCUT2D eigenvalue weighted by atomic mass is 10.2. The molecule has 5 nitrogen and oxygen atoms in total. The molecule has 21 heavy (non-hydrogen) atoms. The van der Waals surface area contributed by atoms with Crippen molar-refractivity contribution < 1.29 is 18.3 Å². The first-order chi connectivity index (χ1) is 10.0. The molecule has 2 aromatic carbocycles. The second-order valence-corrected chi connectivity index (χ2v) is 3.98. The molecule has 2 rings (SSSR count). The van der Waals surface area contributed by atoms with Crippen LogP contribution in [0.25, 0.3) is 0 Å².